The molecule has 0 aromatic carbocycles. The van der Waals surface area contributed by atoms with Crippen LogP contribution in [-0.2, 0) is 18.4 Å². The highest BCUT2D eigenvalue weighted by atomic mass is 31.2. The van der Waals surface area contributed by atoms with Crippen LogP contribution in [0.5, 0.6) is 0 Å². The smallest absolute Gasteiger partial charge is 0.387 e. The summed E-state index contributed by atoms with van der Waals surface area (Å²) >= 11 is 0. The van der Waals surface area contributed by atoms with Crippen molar-refractivity contribution in [1.82, 2.24) is 5.32 Å². The SMILES string of the molecule is CCCCCCCC/C=C/CC/C=C/C(O)C(COP(=O)(O)OCC[N+](C)(C)C)NC(=O)CCCCCCCCCCCC/C=C\CCCCCCCCCCCCCC. The van der Waals surface area contributed by atoms with E-state index >= 15 is 0 Å². The Morgan fingerprint density at radius 3 is 1.33 bits per heavy atom. The molecule has 0 aliphatic heterocycles. The Bertz CT molecular complexity index is 1070. The van der Waals surface area contributed by atoms with E-state index in [9.17, 15) is 19.4 Å². The van der Waals surface area contributed by atoms with E-state index < -0.39 is 20.0 Å². The van der Waals surface area contributed by atoms with Crippen LogP contribution in [0.15, 0.2) is 36.5 Å². The highest BCUT2D eigenvalue weighted by Crippen LogP contribution is 2.43. The van der Waals surface area contributed by atoms with Crippen molar-refractivity contribution in [3.8, 4) is 0 Å². The molecule has 9 heteroatoms. The zero-order valence-electron chi connectivity index (χ0n) is 40.2. The normalized spacial score (nSPS) is 14.4. The number of amides is 1. The summed E-state index contributed by atoms with van der Waals surface area (Å²) in [6.07, 6.45) is 53.8. The van der Waals surface area contributed by atoms with Crippen molar-refractivity contribution in [3.05, 3.63) is 36.5 Å². The van der Waals surface area contributed by atoms with Crippen LogP contribution in [0.3, 0.4) is 0 Å². The molecule has 0 saturated carbocycles. The van der Waals surface area contributed by atoms with E-state index in [0.717, 1.165) is 38.5 Å². The fourth-order valence-corrected chi connectivity index (χ4v) is 8.02. The van der Waals surface area contributed by atoms with Crippen LogP contribution in [0.1, 0.15) is 232 Å². The largest absolute Gasteiger partial charge is 0.472 e. The highest BCUT2D eigenvalue weighted by Gasteiger charge is 2.27. The van der Waals surface area contributed by atoms with Gasteiger partial charge in [0, 0.05) is 6.42 Å². The van der Waals surface area contributed by atoms with E-state index in [1.165, 1.54) is 173 Å². The van der Waals surface area contributed by atoms with E-state index in [1.807, 2.05) is 27.2 Å². The Labute approximate surface area is 372 Å². The monoisotopic (exact) mass is 868 g/mol. The summed E-state index contributed by atoms with van der Waals surface area (Å²) in [5, 5.41) is 13.8. The first-order chi connectivity index (χ1) is 29.0. The summed E-state index contributed by atoms with van der Waals surface area (Å²) in [7, 11) is 1.56. The van der Waals surface area contributed by atoms with E-state index in [-0.39, 0.29) is 19.1 Å². The van der Waals surface area contributed by atoms with Gasteiger partial charge >= 0.3 is 7.82 Å². The van der Waals surface area contributed by atoms with Gasteiger partial charge in [0.1, 0.15) is 13.2 Å². The number of aliphatic hydroxyl groups is 1. The standard InChI is InChI=1S/C51H99N2O6P/c1-6-8-10-12-14-16-18-20-21-22-23-24-25-26-27-28-29-30-31-32-33-35-37-39-41-43-45-51(55)52-49(48-59-60(56,57)58-47-46-53(3,4)5)50(54)44-42-40-38-36-34-19-17-15-13-11-9-7-2/h26-27,34,36,42,44,49-50,54H,6-25,28-33,35,37-41,43,45-48H2,1-5H3,(H-,52,55,56,57)/p+1/b27-26-,36-34+,44-42+. The third kappa shape index (κ3) is 44.8. The predicted molar refractivity (Wildman–Crippen MR) is 258 cm³/mol. The molecule has 3 N–H and O–H groups in total. The molecular formula is C51H100N2O6P+. The van der Waals surface area contributed by atoms with Crippen molar-refractivity contribution in [2.75, 3.05) is 40.9 Å². The summed E-state index contributed by atoms with van der Waals surface area (Å²) in [4.78, 5) is 23.2. The molecule has 3 unspecified atom stereocenters. The number of aliphatic hydroxyl groups excluding tert-OH is 1. The van der Waals surface area contributed by atoms with Crippen molar-refractivity contribution >= 4 is 13.7 Å². The lowest BCUT2D eigenvalue weighted by Crippen LogP contribution is -2.45. The van der Waals surface area contributed by atoms with Gasteiger partial charge in [-0.05, 0) is 57.8 Å². The second-order valence-corrected chi connectivity index (χ2v) is 20.0. The van der Waals surface area contributed by atoms with Gasteiger partial charge in [0.25, 0.3) is 0 Å². The van der Waals surface area contributed by atoms with Crippen molar-refractivity contribution < 1.29 is 32.9 Å². The number of likely N-dealkylation sites (N-methyl/N-ethyl adjacent to an activating group) is 1. The summed E-state index contributed by atoms with van der Waals surface area (Å²) < 4.78 is 23.6. The van der Waals surface area contributed by atoms with Gasteiger partial charge in [-0.2, -0.15) is 0 Å². The predicted octanol–water partition coefficient (Wildman–Crippen LogP) is 14.6. The molecule has 60 heavy (non-hydrogen) atoms. The van der Waals surface area contributed by atoms with E-state index in [0.29, 0.717) is 17.4 Å². The van der Waals surface area contributed by atoms with Crippen LogP contribution >= 0.6 is 7.82 Å². The Morgan fingerprint density at radius 1 is 0.550 bits per heavy atom. The number of carbonyl (C=O) groups excluding carboxylic acids is 1. The Kier molecular flexibility index (Phi) is 42.1. The number of carbonyl (C=O) groups is 1. The van der Waals surface area contributed by atoms with Gasteiger partial charge in [0.2, 0.25) is 5.91 Å². The first-order valence-corrected chi connectivity index (χ1v) is 26.9. The lowest BCUT2D eigenvalue weighted by Gasteiger charge is -2.25. The molecule has 0 aromatic rings. The number of phosphoric ester groups is 1. The summed E-state index contributed by atoms with van der Waals surface area (Å²) in [5.41, 5.74) is 0. The number of nitrogens with one attached hydrogen (secondary N) is 1. The molecule has 0 rings (SSSR count). The van der Waals surface area contributed by atoms with Crippen molar-refractivity contribution in [1.29, 1.82) is 0 Å². The number of unbranched alkanes of at least 4 members (excludes halogenated alkanes) is 29. The van der Waals surface area contributed by atoms with Crippen molar-refractivity contribution in [2.24, 2.45) is 0 Å². The molecule has 0 aromatic heterocycles. The Balaban J connectivity index is 4.19. The van der Waals surface area contributed by atoms with E-state index in [2.05, 4.69) is 43.5 Å². The van der Waals surface area contributed by atoms with Gasteiger partial charge in [-0.25, -0.2) is 4.57 Å². The second-order valence-electron chi connectivity index (χ2n) is 18.5. The molecule has 0 aliphatic carbocycles. The first kappa shape index (κ1) is 58.7. The molecule has 0 saturated heterocycles. The number of nitrogens with zero attached hydrogens (tertiary/aromatic N) is 1. The third-order valence-electron chi connectivity index (χ3n) is 11.3. The molecule has 0 radical (unpaired) electrons. The topological polar surface area (TPSA) is 105 Å². The van der Waals surface area contributed by atoms with Gasteiger partial charge in [-0.1, -0.05) is 204 Å². The maximum Gasteiger partial charge on any atom is 0.472 e. The van der Waals surface area contributed by atoms with Gasteiger partial charge in [-0.15, -0.1) is 0 Å². The van der Waals surface area contributed by atoms with Crippen LogP contribution in [0.4, 0.5) is 0 Å². The van der Waals surface area contributed by atoms with Gasteiger partial charge in [0.05, 0.1) is 39.9 Å². The molecular weight excluding hydrogens is 768 g/mol. The molecule has 0 fully saturated rings. The lowest BCUT2D eigenvalue weighted by molar-refractivity contribution is -0.870. The van der Waals surface area contributed by atoms with E-state index in [1.54, 1.807) is 6.08 Å². The molecule has 0 spiro atoms. The average Bonchev–Trinajstić information content (AvgIpc) is 3.20. The van der Waals surface area contributed by atoms with Gasteiger partial charge in [0.15, 0.2) is 0 Å². The molecule has 1 amide bonds. The summed E-state index contributed by atoms with van der Waals surface area (Å²) in [5.74, 6) is -0.188. The maximum absolute atomic E-state index is 12.9. The summed E-state index contributed by atoms with van der Waals surface area (Å²) in [6.45, 7) is 4.79. The van der Waals surface area contributed by atoms with Crippen LogP contribution in [-0.4, -0.2) is 73.4 Å². The first-order valence-electron chi connectivity index (χ1n) is 25.4. The number of allylic oxidation sites excluding steroid dienone is 5. The fraction of sp³-hybridized carbons (Fsp3) is 0.863. The van der Waals surface area contributed by atoms with Crippen LogP contribution in [0.2, 0.25) is 0 Å². The molecule has 8 nitrogen and oxygen atoms in total. The number of quaternary nitrogens is 1. The second kappa shape index (κ2) is 43.0. The lowest BCUT2D eigenvalue weighted by atomic mass is 10.0. The molecule has 354 valence electrons. The molecule has 0 aliphatic rings. The van der Waals surface area contributed by atoms with Crippen LogP contribution < -0.4 is 5.32 Å². The van der Waals surface area contributed by atoms with Crippen molar-refractivity contribution in [3.63, 3.8) is 0 Å². The Morgan fingerprint density at radius 2 is 0.917 bits per heavy atom. The van der Waals surface area contributed by atoms with Crippen molar-refractivity contribution in [2.45, 2.75) is 244 Å². The zero-order chi connectivity index (χ0) is 44.3. The van der Waals surface area contributed by atoms with Gasteiger partial charge < -0.3 is 19.8 Å². The quantitative estimate of drug-likeness (QED) is 0.0244. The van der Waals surface area contributed by atoms with Gasteiger partial charge in [-0.3, -0.25) is 13.8 Å². The van der Waals surface area contributed by atoms with Crippen LogP contribution in [0, 0.1) is 0 Å². The maximum atomic E-state index is 12.9. The number of rotatable bonds is 46. The average molecular weight is 868 g/mol. The highest BCUT2D eigenvalue weighted by molar-refractivity contribution is 7.47. The van der Waals surface area contributed by atoms with E-state index in [4.69, 9.17) is 9.05 Å². The summed E-state index contributed by atoms with van der Waals surface area (Å²) in [6, 6.07) is -0.862. The van der Waals surface area contributed by atoms with Crippen LogP contribution in [0.25, 0.3) is 0 Å². The minimum atomic E-state index is -4.34. The molecule has 3 atom stereocenters. The third-order valence-corrected chi connectivity index (χ3v) is 12.3. The minimum Gasteiger partial charge on any atom is -0.387 e. The minimum absolute atomic E-state index is 0.0561. The number of hydrogen-bond acceptors (Lipinski definition) is 5. The Hall–Kier alpha value is -1.28. The zero-order valence-corrected chi connectivity index (χ0v) is 41.1. The molecule has 0 heterocycles. The number of phosphoric acid groups is 1. The fourth-order valence-electron chi connectivity index (χ4n) is 7.29. The number of hydrogen-bond donors (Lipinski definition) is 3. The molecule has 0 bridgehead atoms.